The molecular formula is C22H29N3. The van der Waals surface area contributed by atoms with Crippen LogP contribution in [0.25, 0.3) is 6.08 Å². The van der Waals surface area contributed by atoms with Gasteiger partial charge in [-0.15, -0.1) is 0 Å². The van der Waals surface area contributed by atoms with Crippen molar-refractivity contribution in [3.63, 3.8) is 0 Å². The molecule has 2 aliphatic rings. The van der Waals surface area contributed by atoms with Gasteiger partial charge in [-0.3, -0.25) is 4.98 Å². The molecule has 0 saturated heterocycles. The zero-order chi connectivity index (χ0) is 18.1. The Kier molecular flexibility index (Phi) is 7.39. The molecule has 3 nitrogen and oxygen atoms in total. The van der Waals surface area contributed by atoms with Gasteiger partial charge in [0.25, 0.3) is 0 Å². The summed E-state index contributed by atoms with van der Waals surface area (Å²) in [5, 5.41) is 0. The van der Waals surface area contributed by atoms with Crippen LogP contribution in [0.15, 0.2) is 59.4 Å². The van der Waals surface area contributed by atoms with Crippen LogP contribution in [0.4, 0.5) is 0 Å². The average Bonchev–Trinajstić information content (AvgIpc) is 2.68. The van der Waals surface area contributed by atoms with Crippen molar-refractivity contribution >= 4 is 11.9 Å². The first-order valence-electron chi connectivity index (χ1n) is 9.21. The van der Waals surface area contributed by atoms with E-state index in [1.807, 2.05) is 39.1 Å². The van der Waals surface area contributed by atoms with E-state index in [-0.39, 0.29) is 5.92 Å². The van der Waals surface area contributed by atoms with Gasteiger partial charge in [0.2, 0.25) is 0 Å². The molecule has 2 aliphatic carbocycles. The molecule has 2 N–H and O–H groups in total. The summed E-state index contributed by atoms with van der Waals surface area (Å²) in [7, 11) is 0. The maximum atomic E-state index is 6.13. The maximum Gasteiger partial charge on any atom is 0.106 e. The van der Waals surface area contributed by atoms with Crippen molar-refractivity contribution in [3.8, 4) is 0 Å². The van der Waals surface area contributed by atoms with E-state index in [4.69, 9.17) is 5.73 Å². The Hall–Kier alpha value is -2.42. The fourth-order valence-corrected chi connectivity index (χ4v) is 2.99. The van der Waals surface area contributed by atoms with Crippen LogP contribution >= 0.6 is 0 Å². The number of aliphatic imine (C=N–C) groups is 1. The molecule has 1 aromatic heterocycles. The van der Waals surface area contributed by atoms with E-state index < -0.39 is 0 Å². The summed E-state index contributed by atoms with van der Waals surface area (Å²) in [6.45, 7) is 6.02. The summed E-state index contributed by atoms with van der Waals surface area (Å²) < 4.78 is 0. The van der Waals surface area contributed by atoms with Gasteiger partial charge in [0, 0.05) is 17.8 Å². The van der Waals surface area contributed by atoms with Gasteiger partial charge < -0.3 is 5.73 Å². The summed E-state index contributed by atoms with van der Waals surface area (Å²) >= 11 is 0. The van der Waals surface area contributed by atoms with Gasteiger partial charge in [-0.2, -0.15) is 0 Å². The summed E-state index contributed by atoms with van der Waals surface area (Å²) in [6, 6.07) is 2.11. The third kappa shape index (κ3) is 5.28. The van der Waals surface area contributed by atoms with E-state index in [9.17, 15) is 0 Å². The van der Waals surface area contributed by atoms with Gasteiger partial charge in [0.1, 0.15) is 5.84 Å². The highest BCUT2D eigenvalue weighted by Crippen LogP contribution is 2.22. The van der Waals surface area contributed by atoms with Crippen molar-refractivity contribution < 1.29 is 0 Å². The molecule has 0 spiro atoms. The summed E-state index contributed by atoms with van der Waals surface area (Å²) in [5.74, 6) is 0.918. The molecule has 0 amide bonds. The number of pyridine rings is 1. The maximum absolute atomic E-state index is 6.13. The Balaban J connectivity index is 0.00000109. The van der Waals surface area contributed by atoms with Gasteiger partial charge in [-0.05, 0) is 55.9 Å². The van der Waals surface area contributed by atoms with Crippen LogP contribution in [0, 0.1) is 5.92 Å². The molecule has 1 heterocycles. The second kappa shape index (κ2) is 9.77. The Morgan fingerprint density at radius 1 is 1.32 bits per heavy atom. The third-order valence-corrected chi connectivity index (χ3v) is 4.31. The van der Waals surface area contributed by atoms with Crippen molar-refractivity contribution in [2.24, 2.45) is 16.6 Å². The normalized spacial score (nSPS) is 19.2. The molecule has 1 unspecified atom stereocenters. The lowest BCUT2D eigenvalue weighted by Gasteiger charge is -2.14. The van der Waals surface area contributed by atoms with Crippen LogP contribution in [-0.4, -0.2) is 10.8 Å². The monoisotopic (exact) mass is 335 g/mol. The minimum atomic E-state index is 0.224. The number of hydrogen-bond donors (Lipinski definition) is 1. The Morgan fingerprint density at radius 3 is 2.92 bits per heavy atom. The molecule has 0 bridgehead atoms. The second-order valence-electron chi connectivity index (χ2n) is 6.02. The fraction of sp³-hybridized carbons (Fsp3) is 0.364. The lowest BCUT2D eigenvalue weighted by atomic mass is 9.95. The topological polar surface area (TPSA) is 51.3 Å². The second-order valence-corrected chi connectivity index (χ2v) is 6.02. The standard InChI is InChI=1S/C20H23N3.C2H6/c1-15(23-20(21)17-7-3-2-4-8-17)11-12-16-13-14-22-19-10-6-5-9-18(16)19;1-2/h2-4,6-7,10-11,13-14,17H,5,8-9,12H2,1H3,(H2,21,23);1-2H3/b15-11-;. The molecule has 25 heavy (non-hydrogen) atoms. The smallest absolute Gasteiger partial charge is 0.106 e. The van der Waals surface area contributed by atoms with Gasteiger partial charge in [0.15, 0.2) is 0 Å². The summed E-state index contributed by atoms with van der Waals surface area (Å²) in [5.41, 5.74) is 10.9. The number of allylic oxidation sites excluding steroid dienone is 6. The van der Waals surface area contributed by atoms with Gasteiger partial charge in [-0.25, -0.2) is 4.99 Å². The quantitative estimate of drug-likeness (QED) is 0.621. The predicted molar refractivity (Wildman–Crippen MR) is 108 cm³/mol. The minimum absolute atomic E-state index is 0.224. The van der Waals surface area contributed by atoms with Crippen molar-refractivity contribution in [1.82, 2.24) is 4.98 Å². The molecule has 0 aromatic carbocycles. The summed E-state index contributed by atoms with van der Waals surface area (Å²) in [4.78, 5) is 9.02. The average molecular weight is 335 g/mol. The van der Waals surface area contributed by atoms with Crippen molar-refractivity contribution in [2.45, 2.75) is 46.5 Å². The molecule has 1 atom stereocenters. The SMILES string of the molecule is C/C(=C/Cc1ccnc2c1CCC=C2)N=C(N)C1C=CC=CC1.CC. The first-order valence-corrected chi connectivity index (χ1v) is 9.21. The van der Waals surface area contributed by atoms with E-state index in [1.165, 1.54) is 11.1 Å². The number of nitrogens with two attached hydrogens (primary N) is 1. The Bertz CT molecular complexity index is 721. The summed E-state index contributed by atoms with van der Waals surface area (Å²) in [6.07, 6.45) is 20.7. The van der Waals surface area contributed by atoms with E-state index in [1.54, 1.807) is 0 Å². The van der Waals surface area contributed by atoms with Gasteiger partial charge in [-0.1, -0.05) is 50.3 Å². The zero-order valence-corrected chi connectivity index (χ0v) is 15.6. The number of rotatable bonds is 4. The largest absolute Gasteiger partial charge is 0.387 e. The van der Waals surface area contributed by atoms with Crippen LogP contribution < -0.4 is 5.73 Å². The molecule has 132 valence electrons. The highest BCUT2D eigenvalue weighted by atomic mass is 14.9. The van der Waals surface area contributed by atoms with Gasteiger partial charge >= 0.3 is 0 Å². The minimum Gasteiger partial charge on any atom is -0.387 e. The van der Waals surface area contributed by atoms with Crippen LogP contribution in [0.3, 0.4) is 0 Å². The lowest BCUT2D eigenvalue weighted by Crippen LogP contribution is -2.22. The van der Waals surface area contributed by atoms with E-state index in [0.717, 1.165) is 37.1 Å². The predicted octanol–water partition coefficient (Wildman–Crippen LogP) is 5.00. The molecule has 1 aromatic rings. The molecule has 0 aliphatic heterocycles. The van der Waals surface area contributed by atoms with E-state index in [2.05, 4.69) is 46.4 Å². The Morgan fingerprint density at radius 2 is 2.16 bits per heavy atom. The van der Waals surface area contributed by atoms with E-state index in [0.29, 0.717) is 5.84 Å². The number of hydrogen-bond acceptors (Lipinski definition) is 2. The fourth-order valence-electron chi connectivity index (χ4n) is 2.99. The van der Waals surface area contributed by atoms with Gasteiger partial charge in [0.05, 0.1) is 5.69 Å². The van der Waals surface area contributed by atoms with Crippen LogP contribution in [0.2, 0.25) is 0 Å². The number of amidine groups is 1. The number of nitrogens with zero attached hydrogens (tertiary/aromatic N) is 2. The molecule has 3 rings (SSSR count). The van der Waals surface area contributed by atoms with E-state index >= 15 is 0 Å². The lowest BCUT2D eigenvalue weighted by molar-refractivity contribution is 0.855. The molecule has 0 saturated carbocycles. The Labute approximate surface area is 151 Å². The first kappa shape index (κ1) is 18.9. The third-order valence-electron chi connectivity index (χ3n) is 4.31. The molecule has 3 heteroatoms. The highest BCUT2D eigenvalue weighted by Gasteiger charge is 2.11. The molecule has 0 fully saturated rings. The first-order chi connectivity index (χ1) is 12.2. The van der Waals surface area contributed by atoms with Crippen LogP contribution in [0.1, 0.15) is 50.4 Å². The van der Waals surface area contributed by atoms with Crippen molar-refractivity contribution in [1.29, 1.82) is 0 Å². The molecular weight excluding hydrogens is 306 g/mol. The number of fused-ring (bicyclic) bond motifs is 1. The molecule has 0 radical (unpaired) electrons. The zero-order valence-electron chi connectivity index (χ0n) is 15.6. The van der Waals surface area contributed by atoms with Crippen molar-refractivity contribution in [3.05, 3.63) is 71.2 Å². The highest BCUT2D eigenvalue weighted by molar-refractivity contribution is 5.85. The van der Waals surface area contributed by atoms with Crippen molar-refractivity contribution in [2.75, 3.05) is 0 Å². The van der Waals surface area contributed by atoms with Crippen LogP contribution in [0.5, 0.6) is 0 Å². The number of aromatic nitrogens is 1. The van der Waals surface area contributed by atoms with Crippen LogP contribution in [-0.2, 0) is 12.8 Å².